The SMILES string of the molecule is CCCCCC1C(C)C1C(=O)OC. The van der Waals surface area contributed by atoms with Crippen LogP contribution in [-0.4, -0.2) is 13.1 Å². The van der Waals surface area contributed by atoms with Crippen molar-refractivity contribution in [3.8, 4) is 0 Å². The molecule has 2 heteroatoms. The van der Waals surface area contributed by atoms with Gasteiger partial charge in [0.1, 0.15) is 0 Å². The third kappa shape index (κ3) is 2.45. The Bertz CT molecular complexity index is 177. The second-order valence-corrected chi connectivity index (χ2v) is 4.07. The Morgan fingerprint density at radius 3 is 2.62 bits per heavy atom. The maximum Gasteiger partial charge on any atom is 0.309 e. The summed E-state index contributed by atoms with van der Waals surface area (Å²) >= 11 is 0. The fraction of sp³-hybridized carbons (Fsp3) is 0.909. The normalized spacial score (nSPS) is 31.5. The van der Waals surface area contributed by atoms with Crippen molar-refractivity contribution >= 4 is 5.97 Å². The second kappa shape index (κ2) is 4.64. The van der Waals surface area contributed by atoms with E-state index in [0.717, 1.165) is 0 Å². The van der Waals surface area contributed by atoms with E-state index in [1.165, 1.54) is 32.8 Å². The standard InChI is InChI=1S/C11H20O2/c1-4-5-6-7-9-8(2)10(9)11(12)13-3/h8-10H,4-7H2,1-3H3. The van der Waals surface area contributed by atoms with Crippen LogP contribution in [0, 0.1) is 17.8 Å². The summed E-state index contributed by atoms with van der Waals surface area (Å²) in [4.78, 5) is 11.2. The molecule has 76 valence electrons. The number of esters is 1. The molecule has 0 amide bonds. The van der Waals surface area contributed by atoms with Crippen LogP contribution in [0.4, 0.5) is 0 Å². The molecule has 1 aliphatic rings. The van der Waals surface area contributed by atoms with Crippen molar-refractivity contribution in [1.82, 2.24) is 0 Å². The average Bonchev–Trinajstić information content (AvgIpc) is 2.76. The van der Waals surface area contributed by atoms with Gasteiger partial charge >= 0.3 is 5.97 Å². The lowest BCUT2D eigenvalue weighted by Crippen LogP contribution is -2.05. The van der Waals surface area contributed by atoms with Crippen LogP contribution < -0.4 is 0 Å². The van der Waals surface area contributed by atoms with E-state index in [9.17, 15) is 4.79 Å². The average molecular weight is 184 g/mol. The lowest BCUT2D eigenvalue weighted by molar-refractivity contribution is -0.142. The minimum absolute atomic E-state index is 0.00556. The summed E-state index contributed by atoms with van der Waals surface area (Å²) in [6, 6.07) is 0. The van der Waals surface area contributed by atoms with Crippen LogP contribution in [0.1, 0.15) is 39.5 Å². The molecule has 0 saturated heterocycles. The highest BCUT2D eigenvalue weighted by Crippen LogP contribution is 2.49. The molecule has 0 radical (unpaired) electrons. The fourth-order valence-corrected chi connectivity index (χ4v) is 2.14. The second-order valence-electron chi connectivity index (χ2n) is 4.07. The molecule has 0 N–H and O–H groups in total. The first-order valence-electron chi connectivity index (χ1n) is 5.30. The zero-order valence-corrected chi connectivity index (χ0v) is 8.88. The molecule has 1 saturated carbocycles. The number of hydrogen-bond donors (Lipinski definition) is 0. The zero-order valence-electron chi connectivity index (χ0n) is 8.88. The van der Waals surface area contributed by atoms with E-state index in [2.05, 4.69) is 13.8 Å². The summed E-state index contributed by atoms with van der Waals surface area (Å²) in [6.45, 7) is 4.35. The number of hydrogen-bond acceptors (Lipinski definition) is 2. The van der Waals surface area contributed by atoms with Crippen LogP contribution in [0.5, 0.6) is 0 Å². The highest BCUT2D eigenvalue weighted by molar-refractivity contribution is 5.76. The Labute approximate surface area is 80.7 Å². The molecule has 1 aliphatic carbocycles. The monoisotopic (exact) mass is 184 g/mol. The van der Waals surface area contributed by atoms with Crippen molar-refractivity contribution in [3.63, 3.8) is 0 Å². The van der Waals surface area contributed by atoms with Gasteiger partial charge in [0.2, 0.25) is 0 Å². The van der Waals surface area contributed by atoms with Crippen molar-refractivity contribution in [2.24, 2.45) is 17.8 Å². The smallest absolute Gasteiger partial charge is 0.309 e. The largest absolute Gasteiger partial charge is 0.469 e. The summed E-state index contributed by atoms with van der Waals surface area (Å²) < 4.78 is 4.74. The Kier molecular flexibility index (Phi) is 3.76. The van der Waals surface area contributed by atoms with E-state index in [0.29, 0.717) is 11.8 Å². The lowest BCUT2D eigenvalue weighted by Gasteiger charge is -1.97. The molecule has 3 atom stereocenters. The molecule has 0 bridgehead atoms. The molecule has 1 fully saturated rings. The summed E-state index contributed by atoms with van der Waals surface area (Å²) in [6.07, 6.45) is 5.01. The van der Waals surface area contributed by atoms with Gasteiger partial charge in [0, 0.05) is 0 Å². The topological polar surface area (TPSA) is 26.3 Å². The number of ether oxygens (including phenoxy) is 1. The van der Waals surface area contributed by atoms with Crippen molar-refractivity contribution in [1.29, 1.82) is 0 Å². The van der Waals surface area contributed by atoms with Crippen molar-refractivity contribution in [2.45, 2.75) is 39.5 Å². The Balaban J connectivity index is 2.20. The van der Waals surface area contributed by atoms with Gasteiger partial charge in [-0.05, 0) is 18.3 Å². The Morgan fingerprint density at radius 2 is 2.08 bits per heavy atom. The maximum atomic E-state index is 11.2. The number of carbonyl (C=O) groups excluding carboxylic acids is 1. The van der Waals surface area contributed by atoms with Gasteiger partial charge in [0.15, 0.2) is 0 Å². The first-order chi connectivity index (χ1) is 6.22. The minimum atomic E-state index is -0.00556. The third-order valence-electron chi connectivity index (χ3n) is 3.18. The molecule has 1 rings (SSSR count). The summed E-state index contributed by atoms with van der Waals surface area (Å²) in [5, 5.41) is 0. The number of methoxy groups -OCH3 is 1. The number of carbonyl (C=O) groups is 1. The van der Waals surface area contributed by atoms with Crippen LogP contribution in [0.25, 0.3) is 0 Å². The zero-order chi connectivity index (χ0) is 9.84. The molecule has 0 aromatic rings. The molecule has 0 aliphatic heterocycles. The van der Waals surface area contributed by atoms with Gasteiger partial charge in [-0.15, -0.1) is 0 Å². The molecule has 0 heterocycles. The van der Waals surface area contributed by atoms with Gasteiger partial charge in [-0.3, -0.25) is 4.79 Å². The quantitative estimate of drug-likeness (QED) is 0.485. The van der Waals surface area contributed by atoms with Gasteiger partial charge in [0.05, 0.1) is 13.0 Å². The summed E-state index contributed by atoms with van der Waals surface area (Å²) in [5.41, 5.74) is 0. The van der Waals surface area contributed by atoms with Crippen LogP contribution in [0.3, 0.4) is 0 Å². The molecule has 2 nitrogen and oxygen atoms in total. The van der Waals surface area contributed by atoms with E-state index in [1.54, 1.807) is 0 Å². The minimum Gasteiger partial charge on any atom is -0.469 e. The molecule has 0 aromatic heterocycles. The van der Waals surface area contributed by atoms with Gasteiger partial charge in [-0.1, -0.05) is 33.1 Å². The van der Waals surface area contributed by atoms with E-state index in [4.69, 9.17) is 4.74 Å². The van der Waals surface area contributed by atoms with Crippen molar-refractivity contribution < 1.29 is 9.53 Å². The third-order valence-corrected chi connectivity index (χ3v) is 3.18. The number of unbranched alkanes of at least 4 members (excludes halogenated alkanes) is 2. The van der Waals surface area contributed by atoms with Crippen LogP contribution >= 0.6 is 0 Å². The van der Waals surface area contributed by atoms with E-state index < -0.39 is 0 Å². The lowest BCUT2D eigenvalue weighted by atomic mass is 10.1. The van der Waals surface area contributed by atoms with Crippen LogP contribution in [0.15, 0.2) is 0 Å². The number of rotatable bonds is 5. The summed E-state index contributed by atoms with van der Waals surface area (Å²) in [7, 11) is 1.48. The first kappa shape index (κ1) is 10.6. The summed E-state index contributed by atoms with van der Waals surface area (Å²) in [5.74, 6) is 1.37. The van der Waals surface area contributed by atoms with E-state index >= 15 is 0 Å². The Morgan fingerprint density at radius 1 is 1.38 bits per heavy atom. The van der Waals surface area contributed by atoms with Gasteiger partial charge in [-0.2, -0.15) is 0 Å². The highest BCUT2D eigenvalue weighted by Gasteiger charge is 2.51. The van der Waals surface area contributed by atoms with Crippen LogP contribution in [-0.2, 0) is 9.53 Å². The van der Waals surface area contributed by atoms with Gasteiger partial charge < -0.3 is 4.74 Å². The fourth-order valence-electron chi connectivity index (χ4n) is 2.14. The van der Waals surface area contributed by atoms with Crippen LogP contribution in [0.2, 0.25) is 0 Å². The Hall–Kier alpha value is -0.530. The van der Waals surface area contributed by atoms with Crippen molar-refractivity contribution in [3.05, 3.63) is 0 Å². The molecular formula is C11H20O2. The van der Waals surface area contributed by atoms with E-state index in [1.807, 2.05) is 0 Å². The predicted octanol–water partition coefficient (Wildman–Crippen LogP) is 2.62. The molecule has 0 spiro atoms. The molecule has 3 unspecified atom stereocenters. The first-order valence-corrected chi connectivity index (χ1v) is 5.30. The van der Waals surface area contributed by atoms with E-state index in [-0.39, 0.29) is 11.9 Å². The predicted molar refractivity (Wildman–Crippen MR) is 52.3 cm³/mol. The highest BCUT2D eigenvalue weighted by atomic mass is 16.5. The maximum absolute atomic E-state index is 11.2. The van der Waals surface area contributed by atoms with Crippen molar-refractivity contribution in [2.75, 3.05) is 7.11 Å². The molecule has 0 aromatic carbocycles. The van der Waals surface area contributed by atoms with Gasteiger partial charge in [0.25, 0.3) is 0 Å². The molecular weight excluding hydrogens is 164 g/mol. The van der Waals surface area contributed by atoms with Gasteiger partial charge in [-0.25, -0.2) is 0 Å². The molecule has 13 heavy (non-hydrogen) atoms.